The molecule has 1 amide bonds. The summed E-state index contributed by atoms with van der Waals surface area (Å²) < 4.78 is 39.0. The minimum atomic E-state index is -1.51. The average molecular weight is 306 g/mol. The van der Waals surface area contributed by atoms with Crippen molar-refractivity contribution >= 4 is 17.7 Å². The number of thioether (sulfide) groups is 1. The van der Waals surface area contributed by atoms with Crippen molar-refractivity contribution in [3.63, 3.8) is 0 Å². The lowest BCUT2D eigenvalue weighted by Crippen LogP contribution is -2.41. The van der Waals surface area contributed by atoms with Crippen LogP contribution in [0.4, 0.5) is 13.2 Å². The van der Waals surface area contributed by atoms with Gasteiger partial charge in [0.25, 0.3) is 0 Å². The Hall–Kier alpha value is -1.21. The first-order chi connectivity index (χ1) is 9.36. The first kappa shape index (κ1) is 16.8. The number of hydrogen-bond acceptors (Lipinski definition) is 3. The summed E-state index contributed by atoms with van der Waals surface area (Å²) in [7, 11) is 1.49. The van der Waals surface area contributed by atoms with E-state index in [0.29, 0.717) is 6.42 Å². The number of hydrogen-bond donors (Lipinski definition) is 1. The highest BCUT2D eigenvalue weighted by atomic mass is 32.2. The van der Waals surface area contributed by atoms with Gasteiger partial charge in [0.1, 0.15) is 0 Å². The number of nitrogens with two attached hydrogens (primary N) is 1. The summed E-state index contributed by atoms with van der Waals surface area (Å²) in [6.07, 6.45) is 2.43. The van der Waals surface area contributed by atoms with Gasteiger partial charge in [0.15, 0.2) is 17.5 Å². The predicted octanol–water partition coefficient (Wildman–Crippen LogP) is 2.14. The highest BCUT2D eigenvalue weighted by Crippen LogP contribution is 2.15. The maximum Gasteiger partial charge on any atom is 0.239 e. The molecule has 0 spiro atoms. The van der Waals surface area contributed by atoms with Crippen LogP contribution in [0.5, 0.6) is 0 Å². The highest BCUT2D eigenvalue weighted by Gasteiger charge is 2.19. The summed E-state index contributed by atoms with van der Waals surface area (Å²) in [4.78, 5) is 13.2. The third kappa shape index (κ3) is 4.42. The number of rotatable bonds is 6. The zero-order valence-electron chi connectivity index (χ0n) is 11.3. The van der Waals surface area contributed by atoms with Crippen LogP contribution in [0.3, 0.4) is 0 Å². The molecule has 112 valence electrons. The molecule has 3 nitrogen and oxygen atoms in total. The number of halogens is 3. The van der Waals surface area contributed by atoms with Crippen LogP contribution in [0.1, 0.15) is 12.0 Å². The second-order valence-electron chi connectivity index (χ2n) is 4.46. The van der Waals surface area contributed by atoms with Gasteiger partial charge >= 0.3 is 0 Å². The van der Waals surface area contributed by atoms with Crippen molar-refractivity contribution in [2.75, 3.05) is 19.1 Å². The van der Waals surface area contributed by atoms with E-state index in [0.717, 1.165) is 17.9 Å². The molecular weight excluding hydrogens is 289 g/mol. The van der Waals surface area contributed by atoms with Crippen molar-refractivity contribution < 1.29 is 18.0 Å². The average Bonchev–Trinajstić information content (AvgIpc) is 2.41. The van der Waals surface area contributed by atoms with Crippen molar-refractivity contribution in [3.8, 4) is 0 Å². The summed E-state index contributed by atoms with van der Waals surface area (Å²) in [6, 6.07) is 1.09. The van der Waals surface area contributed by atoms with E-state index in [-0.39, 0.29) is 18.0 Å². The van der Waals surface area contributed by atoms with Gasteiger partial charge in [-0.1, -0.05) is 0 Å². The highest BCUT2D eigenvalue weighted by molar-refractivity contribution is 7.98. The molecule has 1 unspecified atom stereocenters. The lowest BCUT2D eigenvalue weighted by atomic mass is 10.1. The Balaban J connectivity index is 2.70. The van der Waals surface area contributed by atoms with Crippen LogP contribution < -0.4 is 5.73 Å². The molecule has 7 heteroatoms. The van der Waals surface area contributed by atoms with Gasteiger partial charge in [-0.3, -0.25) is 4.79 Å². The second-order valence-corrected chi connectivity index (χ2v) is 5.44. The van der Waals surface area contributed by atoms with Gasteiger partial charge in [-0.25, -0.2) is 13.2 Å². The van der Waals surface area contributed by atoms with Gasteiger partial charge in [0, 0.05) is 13.6 Å². The zero-order valence-corrected chi connectivity index (χ0v) is 12.1. The van der Waals surface area contributed by atoms with Crippen LogP contribution in [0.15, 0.2) is 12.1 Å². The number of amides is 1. The summed E-state index contributed by atoms with van der Waals surface area (Å²) in [5.74, 6) is -3.62. The number of benzene rings is 1. The van der Waals surface area contributed by atoms with Crippen LogP contribution in [0.25, 0.3) is 0 Å². The van der Waals surface area contributed by atoms with E-state index in [1.54, 1.807) is 11.8 Å². The zero-order chi connectivity index (χ0) is 15.3. The largest absolute Gasteiger partial charge is 0.340 e. The standard InChI is InChI=1S/C13H17F3N2OS/c1-18(13(19)11(17)3-4-20-2)7-8-5-9(14)12(16)10(15)6-8/h5-6,11H,3-4,7,17H2,1-2H3. The van der Waals surface area contributed by atoms with Gasteiger partial charge in [0.2, 0.25) is 5.91 Å². The van der Waals surface area contributed by atoms with Crippen LogP contribution in [-0.4, -0.2) is 35.9 Å². The van der Waals surface area contributed by atoms with Crippen LogP contribution in [0, 0.1) is 17.5 Å². The van der Waals surface area contributed by atoms with Gasteiger partial charge in [0.05, 0.1) is 6.04 Å². The predicted molar refractivity (Wildman–Crippen MR) is 73.8 cm³/mol. The molecule has 0 heterocycles. The van der Waals surface area contributed by atoms with E-state index in [2.05, 4.69) is 0 Å². The second kappa shape index (κ2) is 7.54. The van der Waals surface area contributed by atoms with Crippen LogP contribution >= 0.6 is 11.8 Å². The van der Waals surface area contributed by atoms with Crippen molar-refractivity contribution in [1.82, 2.24) is 4.90 Å². The topological polar surface area (TPSA) is 46.3 Å². The summed E-state index contributed by atoms with van der Waals surface area (Å²) in [5, 5.41) is 0. The van der Waals surface area contributed by atoms with E-state index < -0.39 is 23.5 Å². The van der Waals surface area contributed by atoms with Crippen molar-refractivity contribution in [1.29, 1.82) is 0 Å². The van der Waals surface area contributed by atoms with Crippen molar-refractivity contribution in [2.45, 2.75) is 19.0 Å². The number of likely N-dealkylation sites (N-methyl/N-ethyl adjacent to an activating group) is 1. The van der Waals surface area contributed by atoms with E-state index in [9.17, 15) is 18.0 Å². The molecule has 0 saturated carbocycles. The number of nitrogens with zero attached hydrogens (tertiary/aromatic N) is 1. The normalized spacial score (nSPS) is 12.3. The lowest BCUT2D eigenvalue weighted by Gasteiger charge is -2.21. The number of carbonyl (C=O) groups excluding carboxylic acids is 1. The molecular formula is C13H17F3N2OS. The minimum absolute atomic E-state index is 0.0279. The van der Waals surface area contributed by atoms with E-state index in [1.807, 2.05) is 6.26 Å². The summed E-state index contributed by atoms with van der Waals surface area (Å²) in [5.41, 5.74) is 5.90. The quantitative estimate of drug-likeness (QED) is 0.819. The molecule has 0 aliphatic heterocycles. The van der Waals surface area contributed by atoms with E-state index in [1.165, 1.54) is 11.9 Å². The van der Waals surface area contributed by atoms with Crippen LogP contribution in [0.2, 0.25) is 0 Å². The Morgan fingerprint density at radius 2 is 1.90 bits per heavy atom. The van der Waals surface area contributed by atoms with Crippen molar-refractivity contribution in [3.05, 3.63) is 35.1 Å². The third-order valence-electron chi connectivity index (χ3n) is 2.79. The smallest absolute Gasteiger partial charge is 0.239 e. The SMILES string of the molecule is CSCCC(N)C(=O)N(C)Cc1cc(F)c(F)c(F)c1. The molecule has 1 aromatic carbocycles. The summed E-state index contributed by atoms with van der Waals surface area (Å²) in [6.45, 7) is -0.0279. The monoisotopic (exact) mass is 306 g/mol. The third-order valence-corrected chi connectivity index (χ3v) is 3.43. The first-order valence-corrected chi connectivity index (χ1v) is 7.39. The van der Waals surface area contributed by atoms with E-state index >= 15 is 0 Å². The molecule has 0 fully saturated rings. The fourth-order valence-electron chi connectivity index (χ4n) is 1.70. The Kier molecular flexibility index (Phi) is 6.35. The molecule has 1 aromatic rings. The maximum atomic E-state index is 13.1. The molecule has 2 N–H and O–H groups in total. The fraction of sp³-hybridized carbons (Fsp3) is 0.462. The molecule has 20 heavy (non-hydrogen) atoms. The molecule has 0 aliphatic carbocycles. The Bertz CT molecular complexity index is 462. The molecule has 1 rings (SSSR count). The van der Waals surface area contributed by atoms with E-state index in [4.69, 9.17) is 5.73 Å². The lowest BCUT2D eigenvalue weighted by molar-refractivity contribution is -0.131. The molecule has 1 atom stereocenters. The first-order valence-electron chi connectivity index (χ1n) is 5.99. The Labute approximate surface area is 120 Å². The van der Waals surface area contributed by atoms with Crippen molar-refractivity contribution in [2.24, 2.45) is 5.73 Å². The van der Waals surface area contributed by atoms with Crippen LogP contribution in [-0.2, 0) is 11.3 Å². The van der Waals surface area contributed by atoms with Gasteiger partial charge in [-0.2, -0.15) is 11.8 Å². The summed E-state index contributed by atoms with van der Waals surface area (Å²) >= 11 is 1.58. The maximum absolute atomic E-state index is 13.1. The Morgan fingerprint density at radius 1 is 1.35 bits per heavy atom. The van der Waals surface area contributed by atoms with Gasteiger partial charge in [-0.15, -0.1) is 0 Å². The molecule has 0 aliphatic rings. The van der Waals surface area contributed by atoms with Gasteiger partial charge < -0.3 is 10.6 Å². The number of carbonyl (C=O) groups is 1. The molecule has 0 saturated heterocycles. The van der Waals surface area contributed by atoms with Gasteiger partial charge in [-0.05, 0) is 36.1 Å². The fourth-order valence-corrected chi connectivity index (χ4v) is 2.19. The molecule has 0 radical (unpaired) electrons. The molecule has 0 bridgehead atoms. The Morgan fingerprint density at radius 3 is 2.40 bits per heavy atom. The minimum Gasteiger partial charge on any atom is -0.340 e. The molecule has 0 aromatic heterocycles.